The third kappa shape index (κ3) is 5.48. The topological polar surface area (TPSA) is 89.8 Å². The molecule has 38 heavy (non-hydrogen) atoms. The predicted octanol–water partition coefficient (Wildman–Crippen LogP) is 5.46. The molecule has 7 nitrogen and oxygen atoms in total. The van der Waals surface area contributed by atoms with E-state index in [9.17, 15) is 4.79 Å². The van der Waals surface area contributed by atoms with E-state index in [2.05, 4.69) is 42.4 Å². The number of aromatic nitrogens is 1. The number of H-pyrrole nitrogens is 1. The number of aromatic amines is 1. The molecule has 0 saturated carbocycles. The lowest BCUT2D eigenvalue weighted by Gasteiger charge is -2.27. The Hall–Kier alpha value is -3.97. The highest BCUT2D eigenvalue weighted by Gasteiger charge is 2.31. The van der Waals surface area contributed by atoms with E-state index in [1.165, 1.54) is 5.56 Å². The average Bonchev–Trinajstić information content (AvgIpc) is 3.49. The molecular weight excluding hydrogens is 478 g/mol. The highest BCUT2D eigenvalue weighted by molar-refractivity contribution is 5.99. The van der Waals surface area contributed by atoms with Crippen LogP contribution in [-0.2, 0) is 19.6 Å². The molecule has 1 unspecified atom stereocenters. The Labute approximate surface area is 223 Å². The van der Waals surface area contributed by atoms with Crippen molar-refractivity contribution in [2.75, 3.05) is 20.8 Å². The number of fused-ring (bicyclic) bond motifs is 2. The Balaban J connectivity index is 1.19. The quantitative estimate of drug-likeness (QED) is 0.278. The lowest BCUT2D eigenvalue weighted by atomic mass is 9.90. The largest absolute Gasteiger partial charge is 0.493 e. The van der Waals surface area contributed by atoms with Crippen LogP contribution < -0.4 is 19.9 Å². The lowest BCUT2D eigenvalue weighted by Crippen LogP contribution is -2.40. The van der Waals surface area contributed by atoms with Crippen molar-refractivity contribution < 1.29 is 19.0 Å². The zero-order valence-corrected chi connectivity index (χ0v) is 22.3. The van der Waals surface area contributed by atoms with Crippen molar-refractivity contribution in [1.29, 1.82) is 0 Å². The third-order valence-electron chi connectivity index (χ3n) is 7.39. The number of benzene rings is 3. The number of carbonyl (C=O) groups is 1. The number of nitrogens with two attached hydrogens (primary N) is 1. The fourth-order valence-electron chi connectivity index (χ4n) is 5.01. The lowest BCUT2D eigenvalue weighted by molar-refractivity contribution is 0.0766. The van der Waals surface area contributed by atoms with Gasteiger partial charge < -0.3 is 29.8 Å². The van der Waals surface area contributed by atoms with Crippen LogP contribution in [0.15, 0.2) is 66.9 Å². The normalized spacial score (nSPS) is 14.4. The Morgan fingerprint density at radius 3 is 2.53 bits per heavy atom. The molecule has 0 aliphatic carbocycles. The molecule has 4 aromatic rings. The summed E-state index contributed by atoms with van der Waals surface area (Å²) < 4.78 is 16.8. The van der Waals surface area contributed by atoms with Crippen LogP contribution in [0.3, 0.4) is 0 Å². The third-order valence-corrected chi connectivity index (χ3v) is 7.39. The minimum absolute atomic E-state index is 0.0106. The van der Waals surface area contributed by atoms with Crippen molar-refractivity contribution in [3.05, 3.63) is 89.1 Å². The smallest absolute Gasteiger partial charge is 0.254 e. The summed E-state index contributed by atoms with van der Waals surface area (Å²) in [4.78, 5) is 18.2. The molecule has 1 aromatic heterocycles. The van der Waals surface area contributed by atoms with Crippen LogP contribution >= 0.6 is 0 Å². The molecule has 0 bridgehead atoms. The molecule has 5 rings (SSSR count). The van der Waals surface area contributed by atoms with Crippen LogP contribution in [0.2, 0.25) is 0 Å². The fourth-order valence-corrected chi connectivity index (χ4v) is 5.01. The average molecular weight is 514 g/mol. The molecule has 1 atom stereocenters. The first kappa shape index (κ1) is 25.7. The maximum Gasteiger partial charge on any atom is 0.254 e. The summed E-state index contributed by atoms with van der Waals surface area (Å²) in [7, 11) is 3.18. The molecule has 3 aromatic carbocycles. The number of methoxy groups -OCH3 is 2. The number of ether oxygens (including phenoxy) is 3. The zero-order valence-electron chi connectivity index (χ0n) is 22.3. The molecule has 0 spiro atoms. The van der Waals surface area contributed by atoms with Gasteiger partial charge in [-0.25, -0.2) is 0 Å². The Morgan fingerprint density at radius 1 is 1.00 bits per heavy atom. The highest BCUT2D eigenvalue weighted by atomic mass is 16.5. The van der Waals surface area contributed by atoms with Gasteiger partial charge in [0.25, 0.3) is 5.91 Å². The van der Waals surface area contributed by atoms with Crippen molar-refractivity contribution >= 4 is 16.8 Å². The van der Waals surface area contributed by atoms with Crippen molar-refractivity contribution in [1.82, 2.24) is 9.88 Å². The minimum Gasteiger partial charge on any atom is -0.493 e. The molecule has 1 amide bonds. The van der Waals surface area contributed by atoms with E-state index in [0.717, 1.165) is 40.6 Å². The molecular formula is C31H35N3O4. The molecule has 1 aliphatic rings. The highest BCUT2D eigenvalue weighted by Crippen LogP contribution is 2.35. The van der Waals surface area contributed by atoms with Gasteiger partial charge in [-0.1, -0.05) is 30.3 Å². The summed E-state index contributed by atoms with van der Waals surface area (Å²) in [5, 5.41) is 1.15. The number of hydrogen-bond donors (Lipinski definition) is 2. The second-order valence-electron chi connectivity index (χ2n) is 10.3. The van der Waals surface area contributed by atoms with Gasteiger partial charge in [0.15, 0.2) is 11.5 Å². The van der Waals surface area contributed by atoms with E-state index in [4.69, 9.17) is 19.9 Å². The molecule has 0 fully saturated rings. The van der Waals surface area contributed by atoms with Crippen molar-refractivity contribution in [2.24, 2.45) is 5.73 Å². The van der Waals surface area contributed by atoms with Crippen LogP contribution in [0.4, 0.5) is 0 Å². The van der Waals surface area contributed by atoms with E-state index >= 15 is 0 Å². The predicted molar refractivity (Wildman–Crippen MR) is 149 cm³/mol. The van der Waals surface area contributed by atoms with Crippen LogP contribution in [0.25, 0.3) is 10.9 Å². The summed E-state index contributed by atoms with van der Waals surface area (Å²) in [6, 6.07) is 20.0. The standard InChI is InChI=1S/C31H35N3O4/c1-31(32,13-14-34-19-23-15-28(36-2)29(37-3)17-26(23)30(34)35)12-11-22-18-33-27-10-9-24(16-25(22)27)38-20-21-7-5-4-6-8-21/h4-10,15-18,33H,11-14,19-20,32H2,1-3H3. The summed E-state index contributed by atoms with van der Waals surface area (Å²) in [5.41, 5.74) is 11.4. The van der Waals surface area contributed by atoms with E-state index in [-0.39, 0.29) is 5.91 Å². The van der Waals surface area contributed by atoms with Crippen molar-refractivity contribution in [3.8, 4) is 17.2 Å². The number of nitrogens with zero attached hydrogens (tertiary/aromatic N) is 1. The van der Waals surface area contributed by atoms with Gasteiger partial charge >= 0.3 is 0 Å². The SMILES string of the molecule is COc1cc2c(cc1OC)C(=O)N(CCC(C)(N)CCc1c[nH]c3ccc(OCc4ccccc4)cc13)C2. The van der Waals surface area contributed by atoms with Crippen molar-refractivity contribution in [2.45, 2.75) is 44.9 Å². The van der Waals surface area contributed by atoms with Gasteiger partial charge in [0.05, 0.1) is 14.2 Å². The molecule has 7 heteroatoms. The number of amides is 1. The first-order chi connectivity index (χ1) is 18.4. The van der Waals surface area contributed by atoms with Crippen LogP contribution in [0, 0.1) is 0 Å². The van der Waals surface area contributed by atoms with Crippen LogP contribution in [0.1, 0.15) is 46.8 Å². The van der Waals surface area contributed by atoms with Gasteiger partial charge in [-0.3, -0.25) is 4.79 Å². The second-order valence-corrected chi connectivity index (χ2v) is 10.3. The maximum absolute atomic E-state index is 13.0. The molecule has 0 radical (unpaired) electrons. The molecule has 0 saturated heterocycles. The number of hydrogen-bond acceptors (Lipinski definition) is 5. The first-order valence-corrected chi connectivity index (χ1v) is 13.0. The zero-order chi connectivity index (χ0) is 26.7. The number of nitrogens with one attached hydrogen (secondary N) is 1. The Kier molecular flexibility index (Phi) is 7.29. The molecule has 2 heterocycles. The van der Waals surface area contributed by atoms with E-state index in [0.29, 0.717) is 43.2 Å². The van der Waals surface area contributed by atoms with Gasteiger partial charge in [0.2, 0.25) is 0 Å². The van der Waals surface area contributed by atoms with Gasteiger partial charge in [-0.2, -0.15) is 0 Å². The number of rotatable bonds is 11. The van der Waals surface area contributed by atoms with Gasteiger partial charge in [-0.15, -0.1) is 0 Å². The van der Waals surface area contributed by atoms with Gasteiger partial charge in [-0.05, 0) is 73.2 Å². The summed E-state index contributed by atoms with van der Waals surface area (Å²) in [6.07, 6.45) is 4.39. The van der Waals surface area contributed by atoms with E-state index < -0.39 is 5.54 Å². The van der Waals surface area contributed by atoms with Crippen LogP contribution in [0.5, 0.6) is 17.2 Å². The van der Waals surface area contributed by atoms with Gasteiger partial charge in [0, 0.05) is 41.3 Å². The fraction of sp³-hybridized carbons (Fsp3) is 0.323. The maximum atomic E-state index is 13.0. The van der Waals surface area contributed by atoms with Crippen molar-refractivity contribution in [3.63, 3.8) is 0 Å². The van der Waals surface area contributed by atoms with E-state index in [1.807, 2.05) is 35.2 Å². The number of carbonyl (C=O) groups excluding carboxylic acids is 1. The molecule has 3 N–H and O–H groups in total. The van der Waals surface area contributed by atoms with E-state index in [1.54, 1.807) is 20.3 Å². The summed E-state index contributed by atoms with van der Waals surface area (Å²) in [6.45, 7) is 3.75. The molecule has 198 valence electrons. The Bertz CT molecular complexity index is 1430. The minimum atomic E-state index is -0.421. The van der Waals surface area contributed by atoms with Gasteiger partial charge in [0.1, 0.15) is 12.4 Å². The number of aryl methyl sites for hydroxylation is 1. The summed E-state index contributed by atoms with van der Waals surface area (Å²) >= 11 is 0. The first-order valence-electron chi connectivity index (χ1n) is 13.0. The monoisotopic (exact) mass is 513 g/mol. The second kappa shape index (κ2) is 10.8. The van der Waals surface area contributed by atoms with Crippen LogP contribution in [-0.4, -0.2) is 42.1 Å². The summed E-state index contributed by atoms with van der Waals surface area (Å²) in [5.74, 6) is 2.06. The molecule has 1 aliphatic heterocycles. The Morgan fingerprint density at radius 2 is 1.76 bits per heavy atom.